The topological polar surface area (TPSA) is 35.5 Å². The Kier molecular flexibility index (Phi) is 6.22. The van der Waals surface area contributed by atoms with Gasteiger partial charge < -0.3 is 15.3 Å². The summed E-state index contributed by atoms with van der Waals surface area (Å²) in [5.74, 6) is 0. The van der Waals surface area contributed by atoms with Gasteiger partial charge in [-0.25, -0.2) is 0 Å². The fourth-order valence-corrected chi connectivity index (χ4v) is 2.39. The van der Waals surface area contributed by atoms with Crippen LogP contribution in [0.25, 0.3) is 0 Å². The molecule has 0 heterocycles. The molecule has 3 heteroatoms. The highest BCUT2D eigenvalue weighted by Gasteiger charge is 2.18. The summed E-state index contributed by atoms with van der Waals surface area (Å²) in [4.78, 5) is 2.47. The predicted octanol–water partition coefficient (Wildman–Crippen LogP) is 1.22. The maximum atomic E-state index is 9.07. The molecule has 0 saturated heterocycles. The van der Waals surface area contributed by atoms with E-state index in [4.69, 9.17) is 5.11 Å². The number of nitrogens with zero attached hydrogens (tertiary/aromatic N) is 1. The van der Waals surface area contributed by atoms with Gasteiger partial charge in [-0.15, -0.1) is 0 Å². The first-order valence-corrected chi connectivity index (χ1v) is 6.26. The van der Waals surface area contributed by atoms with E-state index in [1.807, 2.05) is 7.05 Å². The Morgan fingerprint density at radius 2 is 2.00 bits per heavy atom. The van der Waals surface area contributed by atoms with Gasteiger partial charge in [0.05, 0.1) is 6.61 Å². The van der Waals surface area contributed by atoms with Gasteiger partial charge in [-0.05, 0) is 39.9 Å². The van der Waals surface area contributed by atoms with E-state index >= 15 is 0 Å². The molecule has 0 aromatic carbocycles. The molecule has 0 aromatic heterocycles. The minimum atomic E-state index is 0.245. The zero-order valence-corrected chi connectivity index (χ0v) is 10.2. The van der Waals surface area contributed by atoms with Crippen LogP contribution >= 0.6 is 0 Å². The third-order valence-electron chi connectivity index (χ3n) is 3.66. The summed E-state index contributed by atoms with van der Waals surface area (Å²) in [7, 11) is 4.14. The third-order valence-corrected chi connectivity index (χ3v) is 3.66. The van der Waals surface area contributed by atoms with E-state index in [1.54, 1.807) is 0 Å². The molecule has 90 valence electrons. The van der Waals surface area contributed by atoms with E-state index in [0.717, 1.165) is 19.0 Å². The standard InChI is InChI=1S/C12H26N2O/c1-13-11(10-15)8-9-14(2)12-6-4-3-5-7-12/h11-13,15H,3-10H2,1-2H3. The Hall–Kier alpha value is -0.120. The van der Waals surface area contributed by atoms with E-state index in [9.17, 15) is 0 Å². The highest BCUT2D eigenvalue weighted by atomic mass is 16.3. The Morgan fingerprint density at radius 3 is 2.53 bits per heavy atom. The first kappa shape index (κ1) is 12.9. The van der Waals surface area contributed by atoms with Crippen LogP contribution in [0.15, 0.2) is 0 Å². The van der Waals surface area contributed by atoms with Crippen molar-refractivity contribution in [2.75, 3.05) is 27.2 Å². The van der Waals surface area contributed by atoms with E-state index < -0.39 is 0 Å². The van der Waals surface area contributed by atoms with Crippen LogP contribution in [0.2, 0.25) is 0 Å². The second-order valence-corrected chi connectivity index (χ2v) is 4.73. The van der Waals surface area contributed by atoms with Gasteiger partial charge in [0.15, 0.2) is 0 Å². The summed E-state index contributed by atoms with van der Waals surface area (Å²) in [6.45, 7) is 1.34. The molecular formula is C12H26N2O. The second-order valence-electron chi connectivity index (χ2n) is 4.73. The number of nitrogens with one attached hydrogen (secondary N) is 1. The van der Waals surface area contributed by atoms with Gasteiger partial charge in [0, 0.05) is 12.1 Å². The predicted molar refractivity (Wildman–Crippen MR) is 64.1 cm³/mol. The summed E-state index contributed by atoms with van der Waals surface area (Å²) >= 11 is 0. The van der Waals surface area contributed by atoms with Crippen molar-refractivity contribution in [2.24, 2.45) is 0 Å². The molecule has 3 nitrogen and oxygen atoms in total. The maximum Gasteiger partial charge on any atom is 0.0585 e. The van der Waals surface area contributed by atoms with Crippen molar-refractivity contribution in [2.45, 2.75) is 50.6 Å². The fraction of sp³-hybridized carbons (Fsp3) is 1.00. The first-order chi connectivity index (χ1) is 7.27. The monoisotopic (exact) mass is 214 g/mol. The molecule has 15 heavy (non-hydrogen) atoms. The van der Waals surface area contributed by atoms with Crippen LogP contribution in [0.4, 0.5) is 0 Å². The van der Waals surface area contributed by atoms with Crippen molar-refractivity contribution in [3.05, 3.63) is 0 Å². The normalized spacial score (nSPS) is 20.8. The van der Waals surface area contributed by atoms with Crippen LogP contribution in [0.5, 0.6) is 0 Å². The van der Waals surface area contributed by atoms with Crippen molar-refractivity contribution < 1.29 is 5.11 Å². The molecule has 0 radical (unpaired) electrons. The molecule has 1 aliphatic rings. The van der Waals surface area contributed by atoms with Crippen molar-refractivity contribution in [1.29, 1.82) is 0 Å². The number of hydrogen-bond donors (Lipinski definition) is 2. The SMILES string of the molecule is CNC(CO)CCN(C)C1CCCCC1. The molecule has 1 atom stereocenters. The lowest BCUT2D eigenvalue weighted by atomic mass is 9.94. The molecule has 0 aliphatic heterocycles. The van der Waals surface area contributed by atoms with Crippen molar-refractivity contribution in [3.63, 3.8) is 0 Å². The van der Waals surface area contributed by atoms with Crippen molar-refractivity contribution in [1.82, 2.24) is 10.2 Å². The summed E-state index contributed by atoms with van der Waals surface area (Å²) in [6, 6.07) is 1.05. The van der Waals surface area contributed by atoms with E-state index in [0.29, 0.717) is 0 Å². The molecule has 1 saturated carbocycles. The lowest BCUT2D eigenvalue weighted by molar-refractivity contribution is 0.170. The number of rotatable bonds is 6. The van der Waals surface area contributed by atoms with Gasteiger partial charge in [-0.2, -0.15) is 0 Å². The Morgan fingerprint density at radius 1 is 1.33 bits per heavy atom. The molecule has 0 bridgehead atoms. The number of aliphatic hydroxyl groups excluding tert-OH is 1. The van der Waals surface area contributed by atoms with Gasteiger partial charge >= 0.3 is 0 Å². The Bertz CT molecular complexity index is 154. The zero-order valence-electron chi connectivity index (χ0n) is 10.2. The van der Waals surface area contributed by atoms with Crippen molar-refractivity contribution in [3.8, 4) is 0 Å². The average molecular weight is 214 g/mol. The summed E-state index contributed by atoms with van der Waals surface area (Å²) < 4.78 is 0. The van der Waals surface area contributed by atoms with Crippen LogP contribution in [-0.2, 0) is 0 Å². The molecule has 0 spiro atoms. The molecular weight excluding hydrogens is 188 g/mol. The minimum absolute atomic E-state index is 0.245. The summed E-state index contributed by atoms with van der Waals surface area (Å²) in [5, 5.41) is 12.2. The first-order valence-electron chi connectivity index (χ1n) is 6.26. The number of likely N-dealkylation sites (N-methyl/N-ethyl adjacent to an activating group) is 1. The maximum absolute atomic E-state index is 9.07. The lowest BCUT2D eigenvalue weighted by Crippen LogP contribution is -2.38. The number of hydrogen-bond acceptors (Lipinski definition) is 3. The van der Waals surface area contributed by atoms with Gasteiger partial charge in [0.25, 0.3) is 0 Å². The molecule has 1 aliphatic carbocycles. The van der Waals surface area contributed by atoms with E-state index in [2.05, 4.69) is 17.3 Å². The van der Waals surface area contributed by atoms with Gasteiger partial charge in [0.2, 0.25) is 0 Å². The zero-order chi connectivity index (χ0) is 11.1. The van der Waals surface area contributed by atoms with Crippen LogP contribution < -0.4 is 5.32 Å². The van der Waals surface area contributed by atoms with Crippen LogP contribution in [0.3, 0.4) is 0 Å². The van der Waals surface area contributed by atoms with Crippen LogP contribution in [0, 0.1) is 0 Å². The largest absolute Gasteiger partial charge is 0.395 e. The molecule has 1 rings (SSSR count). The van der Waals surface area contributed by atoms with E-state index in [1.165, 1.54) is 32.1 Å². The quantitative estimate of drug-likeness (QED) is 0.698. The van der Waals surface area contributed by atoms with Gasteiger partial charge in [-0.3, -0.25) is 0 Å². The van der Waals surface area contributed by atoms with E-state index in [-0.39, 0.29) is 12.6 Å². The molecule has 2 N–H and O–H groups in total. The second kappa shape index (κ2) is 7.20. The smallest absolute Gasteiger partial charge is 0.0585 e. The average Bonchev–Trinajstić information content (AvgIpc) is 2.31. The Labute approximate surface area is 93.9 Å². The minimum Gasteiger partial charge on any atom is -0.395 e. The molecule has 1 unspecified atom stereocenters. The van der Waals surface area contributed by atoms with Gasteiger partial charge in [0.1, 0.15) is 0 Å². The molecule has 0 amide bonds. The highest BCUT2D eigenvalue weighted by Crippen LogP contribution is 2.21. The summed E-state index contributed by atoms with van der Waals surface area (Å²) in [6.07, 6.45) is 7.97. The van der Waals surface area contributed by atoms with Crippen LogP contribution in [-0.4, -0.2) is 49.3 Å². The number of aliphatic hydroxyl groups is 1. The molecule has 1 fully saturated rings. The lowest BCUT2D eigenvalue weighted by Gasteiger charge is -2.32. The summed E-state index contributed by atoms with van der Waals surface area (Å²) in [5.41, 5.74) is 0. The third kappa shape index (κ3) is 4.49. The van der Waals surface area contributed by atoms with Crippen molar-refractivity contribution >= 4 is 0 Å². The fourth-order valence-electron chi connectivity index (χ4n) is 2.39. The van der Waals surface area contributed by atoms with Crippen LogP contribution in [0.1, 0.15) is 38.5 Å². The Balaban J connectivity index is 2.18. The molecule has 0 aromatic rings. The van der Waals surface area contributed by atoms with Gasteiger partial charge in [-0.1, -0.05) is 19.3 Å². The highest BCUT2D eigenvalue weighted by molar-refractivity contribution is 4.75.